The van der Waals surface area contributed by atoms with Crippen molar-refractivity contribution in [1.29, 1.82) is 0 Å². The van der Waals surface area contributed by atoms with E-state index < -0.39 is 10.0 Å². The molecular formula is C20H25N3O5S. The number of hydrogen-bond acceptors (Lipinski definition) is 6. The quantitative estimate of drug-likeness (QED) is 0.571. The third-order valence-electron chi connectivity index (χ3n) is 4.44. The van der Waals surface area contributed by atoms with Crippen LogP contribution in [0, 0.1) is 0 Å². The van der Waals surface area contributed by atoms with Gasteiger partial charge in [0.15, 0.2) is 11.5 Å². The average Bonchev–Trinajstić information content (AvgIpc) is 2.75. The van der Waals surface area contributed by atoms with E-state index >= 15 is 0 Å². The van der Waals surface area contributed by atoms with Crippen molar-refractivity contribution in [3.63, 3.8) is 0 Å². The second-order valence-corrected chi connectivity index (χ2v) is 8.41. The number of carbonyl (C=O) groups is 1. The summed E-state index contributed by atoms with van der Waals surface area (Å²) in [5.41, 5.74) is 1.00. The number of ether oxygens (including phenoxy) is 2. The van der Waals surface area contributed by atoms with Gasteiger partial charge in [-0.15, -0.1) is 0 Å². The molecule has 2 N–H and O–H groups in total. The first-order valence-corrected chi connectivity index (χ1v) is 11.1. The van der Waals surface area contributed by atoms with E-state index in [0.29, 0.717) is 57.1 Å². The van der Waals surface area contributed by atoms with Gasteiger partial charge in [0.2, 0.25) is 15.9 Å². The number of rotatable bonds is 10. The number of aromatic nitrogens is 1. The minimum absolute atomic E-state index is 0.0151. The lowest BCUT2D eigenvalue weighted by atomic mass is 10.2. The van der Waals surface area contributed by atoms with E-state index in [9.17, 15) is 13.2 Å². The normalized spacial score (nSPS) is 13.1. The number of hydrogen-bond donors (Lipinski definition) is 2. The monoisotopic (exact) mass is 419 g/mol. The fourth-order valence-corrected chi connectivity index (χ4v) is 3.95. The van der Waals surface area contributed by atoms with Crippen LogP contribution in [0.2, 0.25) is 0 Å². The van der Waals surface area contributed by atoms with Gasteiger partial charge in [0.25, 0.3) is 0 Å². The molecule has 0 saturated carbocycles. The number of unbranched alkanes of at least 4 members (excludes halogenated alkanes) is 2. The highest BCUT2D eigenvalue weighted by atomic mass is 32.2. The van der Waals surface area contributed by atoms with Crippen molar-refractivity contribution in [3.8, 4) is 11.5 Å². The van der Waals surface area contributed by atoms with Gasteiger partial charge < -0.3 is 14.8 Å². The maximum atomic E-state index is 12.4. The Morgan fingerprint density at radius 3 is 2.55 bits per heavy atom. The molecule has 9 heteroatoms. The Morgan fingerprint density at radius 1 is 1.00 bits per heavy atom. The Kier molecular flexibility index (Phi) is 7.42. The van der Waals surface area contributed by atoms with E-state index in [4.69, 9.17) is 9.47 Å². The Labute approximate surface area is 170 Å². The summed E-state index contributed by atoms with van der Waals surface area (Å²) in [6, 6.07) is 8.29. The first-order valence-electron chi connectivity index (χ1n) is 9.59. The molecule has 0 radical (unpaired) electrons. The van der Waals surface area contributed by atoms with Gasteiger partial charge in [0, 0.05) is 38.0 Å². The van der Waals surface area contributed by atoms with E-state index in [1.54, 1.807) is 18.5 Å². The van der Waals surface area contributed by atoms with Crippen molar-refractivity contribution in [2.75, 3.05) is 19.8 Å². The zero-order valence-corrected chi connectivity index (χ0v) is 16.9. The second-order valence-electron chi connectivity index (χ2n) is 6.65. The van der Waals surface area contributed by atoms with E-state index in [-0.39, 0.29) is 10.8 Å². The van der Waals surface area contributed by atoms with Gasteiger partial charge in [0.1, 0.15) is 13.2 Å². The number of carbonyl (C=O) groups excluding carboxylic acids is 1. The molecular weight excluding hydrogens is 394 g/mol. The number of amides is 1. The summed E-state index contributed by atoms with van der Waals surface area (Å²) < 4.78 is 38.2. The molecule has 1 aliphatic rings. The van der Waals surface area contributed by atoms with Gasteiger partial charge >= 0.3 is 0 Å². The van der Waals surface area contributed by atoms with Gasteiger partial charge in [-0.3, -0.25) is 9.78 Å². The fraction of sp³-hybridized carbons (Fsp3) is 0.400. The van der Waals surface area contributed by atoms with Crippen molar-refractivity contribution >= 4 is 15.9 Å². The number of fused-ring (bicyclic) bond motifs is 1. The Bertz CT molecular complexity index is 919. The predicted molar refractivity (Wildman–Crippen MR) is 107 cm³/mol. The SMILES string of the molecule is O=C(CCCCCNS(=O)(=O)c1ccc2c(c1)OCCO2)NCc1ccncc1. The van der Waals surface area contributed by atoms with Crippen LogP contribution in [-0.2, 0) is 21.4 Å². The van der Waals surface area contributed by atoms with Crippen molar-refractivity contribution in [3.05, 3.63) is 48.3 Å². The van der Waals surface area contributed by atoms with Gasteiger partial charge in [-0.1, -0.05) is 6.42 Å². The van der Waals surface area contributed by atoms with Gasteiger partial charge in [-0.25, -0.2) is 13.1 Å². The van der Waals surface area contributed by atoms with Crippen LogP contribution in [0.1, 0.15) is 31.2 Å². The number of nitrogens with zero attached hydrogens (tertiary/aromatic N) is 1. The van der Waals surface area contributed by atoms with E-state index in [2.05, 4.69) is 15.0 Å². The predicted octanol–water partition coefficient (Wildman–Crippen LogP) is 2.01. The molecule has 29 heavy (non-hydrogen) atoms. The maximum Gasteiger partial charge on any atom is 0.240 e. The van der Waals surface area contributed by atoms with Crippen LogP contribution >= 0.6 is 0 Å². The van der Waals surface area contributed by atoms with Crippen LogP contribution in [0.5, 0.6) is 11.5 Å². The summed E-state index contributed by atoms with van der Waals surface area (Å²) in [7, 11) is -3.61. The molecule has 156 valence electrons. The molecule has 0 unspecified atom stereocenters. The maximum absolute atomic E-state index is 12.4. The second kappa shape index (κ2) is 10.2. The molecule has 2 heterocycles. The van der Waals surface area contributed by atoms with E-state index in [0.717, 1.165) is 12.0 Å². The first-order chi connectivity index (χ1) is 14.0. The molecule has 1 aromatic heterocycles. The third-order valence-corrected chi connectivity index (χ3v) is 5.89. The minimum Gasteiger partial charge on any atom is -0.486 e. The highest BCUT2D eigenvalue weighted by Gasteiger charge is 2.18. The van der Waals surface area contributed by atoms with Crippen molar-refractivity contribution in [2.45, 2.75) is 37.1 Å². The average molecular weight is 420 g/mol. The van der Waals surface area contributed by atoms with Gasteiger partial charge in [-0.05, 0) is 42.7 Å². The molecule has 0 bridgehead atoms. The molecule has 8 nitrogen and oxygen atoms in total. The highest BCUT2D eigenvalue weighted by molar-refractivity contribution is 7.89. The fourth-order valence-electron chi connectivity index (χ4n) is 2.86. The number of sulfonamides is 1. The molecule has 1 aromatic carbocycles. The molecule has 1 amide bonds. The van der Waals surface area contributed by atoms with Crippen molar-refractivity contribution < 1.29 is 22.7 Å². The minimum atomic E-state index is -3.61. The molecule has 0 spiro atoms. The Morgan fingerprint density at radius 2 is 1.76 bits per heavy atom. The zero-order chi connectivity index (χ0) is 20.5. The van der Waals surface area contributed by atoms with E-state index in [1.807, 2.05) is 12.1 Å². The van der Waals surface area contributed by atoms with Crippen LogP contribution in [0.3, 0.4) is 0 Å². The topological polar surface area (TPSA) is 107 Å². The molecule has 0 aliphatic carbocycles. The largest absolute Gasteiger partial charge is 0.486 e. The van der Waals surface area contributed by atoms with Crippen LogP contribution < -0.4 is 19.5 Å². The lowest BCUT2D eigenvalue weighted by Gasteiger charge is -2.18. The number of benzene rings is 1. The number of pyridine rings is 1. The number of nitrogens with one attached hydrogen (secondary N) is 2. The summed E-state index contributed by atoms with van der Waals surface area (Å²) in [5, 5.41) is 2.86. The summed E-state index contributed by atoms with van der Waals surface area (Å²) in [6.07, 6.45) is 5.91. The third kappa shape index (κ3) is 6.43. The standard InChI is InChI=1S/C20H25N3O5S/c24-20(22-15-16-7-10-21-11-8-16)4-2-1-3-9-23-29(25,26)17-5-6-18-19(14-17)28-13-12-27-18/h5-8,10-11,14,23H,1-4,9,12-13,15H2,(H,22,24). The highest BCUT2D eigenvalue weighted by Crippen LogP contribution is 2.32. The first kappa shape index (κ1) is 21.1. The summed E-state index contributed by atoms with van der Waals surface area (Å²) >= 11 is 0. The van der Waals surface area contributed by atoms with E-state index in [1.165, 1.54) is 12.1 Å². The lowest BCUT2D eigenvalue weighted by molar-refractivity contribution is -0.121. The van der Waals surface area contributed by atoms with Crippen LogP contribution in [-0.4, -0.2) is 39.1 Å². The molecule has 0 fully saturated rings. The van der Waals surface area contributed by atoms with Crippen LogP contribution in [0.15, 0.2) is 47.6 Å². The molecule has 2 aromatic rings. The summed E-state index contributed by atoms with van der Waals surface area (Å²) in [5.74, 6) is 0.980. The smallest absolute Gasteiger partial charge is 0.240 e. The lowest BCUT2D eigenvalue weighted by Crippen LogP contribution is -2.25. The van der Waals surface area contributed by atoms with Crippen LogP contribution in [0.25, 0.3) is 0 Å². The van der Waals surface area contributed by atoms with Gasteiger partial charge in [0.05, 0.1) is 4.90 Å². The van der Waals surface area contributed by atoms with Crippen molar-refractivity contribution in [2.24, 2.45) is 0 Å². The Balaban J connectivity index is 1.33. The molecule has 3 rings (SSSR count). The van der Waals surface area contributed by atoms with Crippen molar-refractivity contribution in [1.82, 2.24) is 15.0 Å². The molecule has 1 aliphatic heterocycles. The molecule has 0 saturated heterocycles. The van der Waals surface area contributed by atoms with Gasteiger partial charge in [-0.2, -0.15) is 0 Å². The Hall–Kier alpha value is -2.65. The summed E-state index contributed by atoms with van der Waals surface area (Å²) in [4.78, 5) is 15.9. The van der Waals surface area contributed by atoms with Crippen LogP contribution in [0.4, 0.5) is 0 Å². The zero-order valence-electron chi connectivity index (χ0n) is 16.1. The molecule has 0 atom stereocenters. The summed E-state index contributed by atoms with van der Waals surface area (Å²) in [6.45, 7) is 1.66.